The number of hydrogen-bond acceptors (Lipinski definition) is 12. The summed E-state index contributed by atoms with van der Waals surface area (Å²) in [7, 11) is 3.31. The number of piperidine rings is 1. The SMILES string of the molecule is CCOC(=O)C1CC(c2ccc(OC)cc2)C(OCc2ccc3c(c2)N(CCCOC)CCO3)CN1C(=O)CCCON(O)O. The zero-order valence-corrected chi connectivity index (χ0v) is 26.3. The summed E-state index contributed by atoms with van der Waals surface area (Å²) < 4.78 is 28.5. The van der Waals surface area contributed by atoms with Crippen LogP contribution in [0.1, 0.15) is 49.7 Å². The van der Waals surface area contributed by atoms with Gasteiger partial charge in [0.15, 0.2) is 0 Å². The van der Waals surface area contributed by atoms with Crippen LogP contribution in [0.2, 0.25) is 0 Å². The fraction of sp³-hybridized carbons (Fsp3) is 0.562. The number of rotatable bonds is 16. The van der Waals surface area contributed by atoms with Crippen molar-refractivity contribution in [3.8, 4) is 11.5 Å². The van der Waals surface area contributed by atoms with Gasteiger partial charge in [-0.15, -0.1) is 0 Å². The summed E-state index contributed by atoms with van der Waals surface area (Å²) in [5.41, 5.74) is 2.94. The van der Waals surface area contributed by atoms with Crippen molar-refractivity contribution in [2.45, 2.75) is 57.3 Å². The predicted molar refractivity (Wildman–Crippen MR) is 162 cm³/mol. The first kappa shape index (κ1) is 34.4. The predicted octanol–water partition coefficient (Wildman–Crippen LogP) is 3.56. The summed E-state index contributed by atoms with van der Waals surface area (Å²) in [6.45, 7) is 5.23. The molecule has 3 unspecified atom stereocenters. The van der Waals surface area contributed by atoms with E-state index in [0.717, 1.165) is 42.1 Å². The highest BCUT2D eigenvalue weighted by Crippen LogP contribution is 2.37. The minimum atomic E-state index is -0.806. The van der Waals surface area contributed by atoms with E-state index in [0.29, 0.717) is 32.0 Å². The van der Waals surface area contributed by atoms with Gasteiger partial charge in [-0.1, -0.05) is 18.2 Å². The number of esters is 1. The Morgan fingerprint density at radius 3 is 2.58 bits per heavy atom. The van der Waals surface area contributed by atoms with E-state index < -0.39 is 18.1 Å². The van der Waals surface area contributed by atoms with Gasteiger partial charge in [-0.3, -0.25) is 20.0 Å². The lowest BCUT2D eigenvalue weighted by Crippen LogP contribution is -2.55. The zero-order valence-electron chi connectivity index (χ0n) is 26.3. The van der Waals surface area contributed by atoms with Gasteiger partial charge in [0.05, 0.1) is 50.7 Å². The third kappa shape index (κ3) is 9.52. The summed E-state index contributed by atoms with van der Waals surface area (Å²) in [5, 5.41) is 17.2. The molecule has 2 heterocycles. The molecule has 0 saturated carbocycles. The van der Waals surface area contributed by atoms with Gasteiger partial charge in [0, 0.05) is 39.1 Å². The molecule has 2 aromatic rings. The normalized spacial score (nSPS) is 19.6. The molecule has 45 heavy (non-hydrogen) atoms. The molecule has 1 saturated heterocycles. The number of methoxy groups -OCH3 is 2. The van der Waals surface area contributed by atoms with Gasteiger partial charge in [-0.25, -0.2) is 4.79 Å². The van der Waals surface area contributed by atoms with Crippen LogP contribution in [0.3, 0.4) is 0 Å². The number of likely N-dealkylation sites (tertiary alicyclic amines) is 1. The number of carbonyl (C=O) groups excluding carboxylic acids is 2. The average Bonchev–Trinajstić information content (AvgIpc) is 3.05. The van der Waals surface area contributed by atoms with Crippen molar-refractivity contribution in [2.75, 3.05) is 65.2 Å². The van der Waals surface area contributed by atoms with E-state index in [1.807, 2.05) is 36.4 Å². The molecule has 2 aromatic carbocycles. The molecule has 3 atom stereocenters. The molecule has 1 fully saturated rings. The Morgan fingerprint density at radius 1 is 1.07 bits per heavy atom. The van der Waals surface area contributed by atoms with Crippen LogP contribution < -0.4 is 14.4 Å². The molecule has 0 bridgehead atoms. The zero-order chi connectivity index (χ0) is 32.2. The van der Waals surface area contributed by atoms with Crippen LogP contribution in [-0.4, -0.2) is 105 Å². The number of hydrogen-bond donors (Lipinski definition) is 2. The number of amides is 1. The first-order valence-electron chi connectivity index (χ1n) is 15.4. The molecule has 13 heteroatoms. The van der Waals surface area contributed by atoms with Crippen molar-refractivity contribution in [3.63, 3.8) is 0 Å². The van der Waals surface area contributed by atoms with Gasteiger partial charge >= 0.3 is 5.97 Å². The van der Waals surface area contributed by atoms with Crippen molar-refractivity contribution in [1.29, 1.82) is 0 Å². The molecule has 2 N–H and O–H groups in total. The van der Waals surface area contributed by atoms with Gasteiger partial charge in [-0.05, 0) is 61.6 Å². The quantitative estimate of drug-likeness (QED) is 0.159. The molecule has 13 nitrogen and oxygen atoms in total. The maximum atomic E-state index is 13.4. The summed E-state index contributed by atoms with van der Waals surface area (Å²) in [6.07, 6.45) is 1.03. The van der Waals surface area contributed by atoms with Crippen LogP contribution in [0.15, 0.2) is 42.5 Å². The fourth-order valence-corrected chi connectivity index (χ4v) is 5.83. The molecule has 0 aromatic heterocycles. The van der Waals surface area contributed by atoms with Gasteiger partial charge in [0.2, 0.25) is 5.91 Å². The molecule has 2 aliphatic heterocycles. The van der Waals surface area contributed by atoms with Crippen LogP contribution in [-0.2, 0) is 35.2 Å². The van der Waals surface area contributed by atoms with Crippen molar-refractivity contribution < 1.29 is 48.5 Å². The first-order valence-corrected chi connectivity index (χ1v) is 15.4. The molecule has 2 aliphatic rings. The van der Waals surface area contributed by atoms with E-state index in [1.54, 1.807) is 21.1 Å². The highest BCUT2D eigenvalue weighted by molar-refractivity contribution is 5.85. The second-order valence-corrected chi connectivity index (χ2v) is 11.0. The first-order chi connectivity index (χ1) is 21.8. The van der Waals surface area contributed by atoms with Crippen molar-refractivity contribution >= 4 is 17.6 Å². The number of ether oxygens (including phenoxy) is 5. The second kappa shape index (κ2) is 17.3. The van der Waals surface area contributed by atoms with E-state index in [9.17, 15) is 9.59 Å². The standard InChI is InChI=1S/C32H45N3O10/c1-4-42-32(37)28-20-26(24-9-11-25(41-3)12-10-24)30(21-34(28)31(36)7-5-17-45-35(38)39)44-22-23-8-13-29-27(19-23)33(15-18-43-29)14-6-16-40-2/h8-13,19,26,28,30,38-39H,4-7,14-18,20-22H2,1-3H3. The van der Waals surface area contributed by atoms with Crippen LogP contribution in [0.25, 0.3) is 0 Å². The van der Waals surface area contributed by atoms with Crippen molar-refractivity contribution in [3.05, 3.63) is 53.6 Å². The van der Waals surface area contributed by atoms with Crippen LogP contribution in [0.4, 0.5) is 5.69 Å². The smallest absolute Gasteiger partial charge is 0.328 e. The largest absolute Gasteiger partial charge is 0.497 e. The number of carbonyl (C=O) groups is 2. The number of fused-ring (bicyclic) bond motifs is 1. The molecular formula is C32H45N3O10. The van der Waals surface area contributed by atoms with Gasteiger partial charge in [-0.2, -0.15) is 0 Å². The Balaban J connectivity index is 1.56. The van der Waals surface area contributed by atoms with E-state index in [-0.39, 0.29) is 49.8 Å². The maximum Gasteiger partial charge on any atom is 0.328 e. The van der Waals surface area contributed by atoms with Crippen LogP contribution in [0.5, 0.6) is 11.5 Å². The highest BCUT2D eigenvalue weighted by atomic mass is 17.1. The monoisotopic (exact) mass is 631 g/mol. The molecule has 0 spiro atoms. The van der Waals surface area contributed by atoms with E-state index in [1.165, 1.54) is 4.90 Å². The number of nitrogens with zero attached hydrogens (tertiary/aromatic N) is 3. The fourth-order valence-electron chi connectivity index (χ4n) is 5.83. The Kier molecular flexibility index (Phi) is 13.2. The molecule has 0 aliphatic carbocycles. The van der Waals surface area contributed by atoms with Gasteiger partial charge < -0.3 is 33.5 Å². The lowest BCUT2D eigenvalue weighted by molar-refractivity contribution is -0.492. The van der Waals surface area contributed by atoms with Gasteiger partial charge in [0.1, 0.15) is 24.1 Å². The van der Waals surface area contributed by atoms with E-state index in [4.69, 9.17) is 34.1 Å². The number of anilines is 1. The highest BCUT2D eigenvalue weighted by Gasteiger charge is 2.43. The van der Waals surface area contributed by atoms with Crippen LogP contribution >= 0.6 is 0 Å². The molecular weight excluding hydrogens is 586 g/mol. The van der Waals surface area contributed by atoms with Crippen molar-refractivity contribution in [2.24, 2.45) is 0 Å². The second-order valence-electron chi connectivity index (χ2n) is 11.0. The Hall–Kier alpha value is -3.46. The van der Waals surface area contributed by atoms with Crippen molar-refractivity contribution in [1.82, 2.24) is 10.3 Å². The number of benzene rings is 2. The van der Waals surface area contributed by atoms with E-state index in [2.05, 4.69) is 15.8 Å². The lowest BCUT2D eigenvalue weighted by atomic mass is 9.82. The Labute approximate surface area is 264 Å². The minimum absolute atomic E-state index is 0.0351. The third-order valence-electron chi connectivity index (χ3n) is 8.07. The molecule has 4 rings (SSSR count). The summed E-state index contributed by atoms with van der Waals surface area (Å²) >= 11 is 0. The summed E-state index contributed by atoms with van der Waals surface area (Å²) in [6, 6.07) is 12.9. The third-order valence-corrected chi connectivity index (χ3v) is 8.07. The average molecular weight is 632 g/mol. The van der Waals surface area contributed by atoms with Gasteiger partial charge in [0.25, 0.3) is 0 Å². The minimum Gasteiger partial charge on any atom is -0.497 e. The van der Waals surface area contributed by atoms with E-state index >= 15 is 0 Å². The molecule has 1 amide bonds. The lowest BCUT2D eigenvalue weighted by Gasteiger charge is -2.43. The Morgan fingerprint density at radius 2 is 1.87 bits per heavy atom. The van der Waals surface area contributed by atoms with Crippen LogP contribution in [0, 0.1) is 0 Å². The maximum absolute atomic E-state index is 13.4. The summed E-state index contributed by atoms with van der Waals surface area (Å²) in [5.74, 6) is 0.586. The summed E-state index contributed by atoms with van der Waals surface area (Å²) in [4.78, 5) is 35.0. The molecule has 248 valence electrons. The Bertz CT molecular complexity index is 1230. The molecule has 0 radical (unpaired) electrons. The topological polar surface area (TPSA) is 140 Å².